The molecule has 0 fully saturated rings. The summed E-state index contributed by atoms with van der Waals surface area (Å²) < 4.78 is 5.80. The Kier molecular flexibility index (Phi) is 3.59. The van der Waals surface area contributed by atoms with Crippen molar-refractivity contribution in [2.24, 2.45) is 0 Å². The average Bonchev–Trinajstić information content (AvgIpc) is 3.01. The molecule has 2 N–H and O–H groups in total. The first-order valence-electron chi connectivity index (χ1n) is 7.69. The van der Waals surface area contributed by atoms with E-state index in [4.69, 9.17) is 4.74 Å². The number of H-pyrrole nitrogens is 1. The first-order chi connectivity index (χ1) is 11.8. The van der Waals surface area contributed by atoms with Crippen LogP contribution in [-0.2, 0) is 0 Å². The fraction of sp³-hybridized carbons (Fsp3) is 0.0526. The lowest BCUT2D eigenvalue weighted by Gasteiger charge is -2.08. The van der Waals surface area contributed by atoms with Crippen molar-refractivity contribution in [1.82, 2.24) is 15.0 Å². The lowest BCUT2D eigenvalue weighted by molar-refractivity contribution is 0.459. The SMILES string of the molecule is Cc1cccnc1Oc1ccc(Nc2nc3ccccc3[nH]2)cc1. The molecule has 4 rings (SSSR count). The highest BCUT2D eigenvalue weighted by Gasteiger charge is 2.04. The molecule has 0 radical (unpaired) electrons. The van der Waals surface area contributed by atoms with Crippen molar-refractivity contribution in [1.29, 1.82) is 0 Å². The van der Waals surface area contributed by atoms with Crippen LogP contribution < -0.4 is 10.1 Å². The van der Waals surface area contributed by atoms with E-state index in [0.717, 1.165) is 28.0 Å². The highest BCUT2D eigenvalue weighted by molar-refractivity contribution is 5.78. The molecule has 0 unspecified atom stereocenters. The molecule has 0 aliphatic heterocycles. The van der Waals surface area contributed by atoms with Gasteiger partial charge in [0.1, 0.15) is 5.75 Å². The van der Waals surface area contributed by atoms with Crippen LogP contribution in [0.4, 0.5) is 11.6 Å². The van der Waals surface area contributed by atoms with Crippen LogP contribution in [0.1, 0.15) is 5.56 Å². The van der Waals surface area contributed by atoms with Crippen LogP contribution in [0.25, 0.3) is 11.0 Å². The third-order valence-electron chi connectivity index (χ3n) is 3.68. The molecule has 2 aromatic carbocycles. The first kappa shape index (κ1) is 14.3. The number of fused-ring (bicyclic) bond motifs is 1. The third-order valence-corrected chi connectivity index (χ3v) is 3.68. The monoisotopic (exact) mass is 316 g/mol. The van der Waals surface area contributed by atoms with Crippen molar-refractivity contribution in [3.8, 4) is 11.6 Å². The highest BCUT2D eigenvalue weighted by Crippen LogP contribution is 2.25. The van der Waals surface area contributed by atoms with Gasteiger partial charge in [-0.2, -0.15) is 0 Å². The Morgan fingerprint density at radius 1 is 0.958 bits per heavy atom. The smallest absolute Gasteiger partial charge is 0.222 e. The van der Waals surface area contributed by atoms with E-state index in [1.54, 1.807) is 6.20 Å². The topological polar surface area (TPSA) is 62.8 Å². The van der Waals surface area contributed by atoms with Crippen molar-refractivity contribution in [2.75, 3.05) is 5.32 Å². The van der Waals surface area contributed by atoms with Crippen LogP contribution >= 0.6 is 0 Å². The molecule has 5 nitrogen and oxygen atoms in total. The predicted octanol–water partition coefficient (Wildman–Crippen LogP) is 4.80. The molecule has 0 spiro atoms. The van der Waals surface area contributed by atoms with Gasteiger partial charge in [0.25, 0.3) is 0 Å². The van der Waals surface area contributed by atoms with Gasteiger partial charge in [-0.05, 0) is 49.4 Å². The number of hydrogen-bond donors (Lipinski definition) is 2. The highest BCUT2D eigenvalue weighted by atomic mass is 16.5. The fourth-order valence-corrected chi connectivity index (χ4v) is 2.44. The van der Waals surface area contributed by atoms with Crippen molar-refractivity contribution in [2.45, 2.75) is 6.92 Å². The van der Waals surface area contributed by atoms with Crippen molar-refractivity contribution in [3.05, 3.63) is 72.4 Å². The molecule has 0 atom stereocenters. The lowest BCUT2D eigenvalue weighted by Crippen LogP contribution is -1.93. The number of para-hydroxylation sites is 2. The number of ether oxygens (including phenoxy) is 1. The lowest BCUT2D eigenvalue weighted by atomic mass is 10.3. The Bertz CT molecular complexity index is 943. The molecule has 0 saturated carbocycles. The van der Waals surface area contributed by atoms with Crippen molar-refractivity contribution >= 4 is 22.7 Å². The maximum atomic E-state index is 5.80. The summed E-state index contributed by atoms with van der Waals surface area (Å²) in [5, 5.41) is 3.26. The number of aromatic amines is 1. The number of imidazole rings is 1. The van der Waals surface area contributed by atoms with E-state index in [2.05, 4.69) is 20.3 Å². The molecule has 2 heterocycles. The van der Waals surface area contributed by atoms with E-state index >= 15 is 0 Å². The molecule has 24 heavy (non-hydrogen) atoms. The number of rotatable bonds is 4. The molecule has 4 aromatic rings. The van der Waals surface area contributed by atoms with Crippen LogP contribution in [0.15, 0.2) is 66.9 Å². The molecule has 0 bridgehead atoms. The summed E-state index contributed by atoms with van der Waals surface area (Å²) in [6, 6.07) is 19.5. The number of benzene rings is 2. The number of aryl methyl sites for hydroxylation is 1. The zero-order valence-corrected chi connectivity index (χ0v) is 13.2. The van der Waals surface area contributed by atoms with E-state index in [1.165, 1.54) is 0 Å². The Labute approximate surface area is 139 Å². The molecular weight excluding hydrogens is 300 g/mol. The van der Waals surface area contributed by atoms with Gasteiger partial charge >= 0.3 is 0 Å². The Morgan fingerprint density at radius 3 is 2.58 bits per heavy atom. The maximum Gasteiger partial charge on any atom is 0.222 e. The van der Waals surface area contributed by atoms with Gasteiger partial charge in [0.2, 0.25) is 11.8 Å². The number of hydrogen-bond acceptors (Lipinski definition) is 4. The second-order valence-corrected chi connectivity index (χ2v) is 5.48. The molecule has 5 heteroatoms. The zero-order chi connectivity index (χ0) is 16.4. The van der Waals surface area contributed by atoms with E-state index in [0.29, 0.717) is 11.8 Å². The van der Waals surface area contributed by atoms with Crippen LogP contribution in [-0.4, -0.2) is 15.0 Å². The Morgan fingerprint density at radius 2 is 1.79 bits per heavy atom. The second kappa shape index (κ2) is 6.04. The van der Waals surface area contributed by atoms with Gasteiger partial charge in [0, 0.05) is 17.4 Å². The normalized spacial score (nSPS) is 10.7. The summed E-state index contributed by atoms with van der Waals surface area (Å²) in [4.78, 5) is 12.0. The van der Waals surface area contributed by atoms with Crippen LogP contribution in [0.5, 0.6) is 11.6 Å². The minimum absolute atomic E-state index is 0.621. The van der Waals surface area contributed by atoms with Gasteiger partial charge in [0.15, 0.2) is 0 Å². The van der Waals surface area contributed by atoms with Gasteiger partial charge in [-0.25, -0.2) is 9.97 Å². The number of aromatic nitrogens is 3. The molecule has 0 aliphatic carbocycles. The molecule has 2 aromatic heterocycles. The largest absolute Gasteiger partial charge is 0.439 e. The fourth-order valence-electron chi connectivity index (χ4n) is 2.44. The van der Waals surface area contributed by atoms with E-state index in [1.807, 2.05) is 67.6 Å². The average molecular weight is 316 g/mol. The number of pyridine rings is 1. The summed E-state index contributed by atoms with van der Waals surface area (Å²) in [6.07, 6.45) is 1.72. The molecule has 118 valence electrons. The van der Waals surface area contributed by atoms with Gasteiger partial charge in [-0.15, -0.1) is 0 Å². The van der Waals surface area contributed by atoms with E-state index < -0.39 is 0 Å². The Hall–Kier alpha value is -3.34. The third kappa shape index (κ3) is 2.92. The molecule has 0 aliphatic rings. The molecule has 0 saturated heterocycles. The number of nitrogens with one attached hydrogen (secondary N) is 2. The van der Waals surface area contributed by atoms with Gasteiger partial charge in [-0.1, -0.05) is 18.2 Å². The standard InChI is InChI=1S/C19H16N4O/c1-13-5-4-12-20-18(13)24-15-10-8-14(9-11-15)21-19-22-16-6-2-3-7-17(16)23-19/h2-12H,1H3,(H2,21,22,23). The Balaban J connectivity index is 1.50. The minimum Gasteiger partial charge on any atom is -0.439 e. The van der Waals surface area contributed by atoms with Gasteiger partial charge in [0.05, 0.1) is 11.0 Å². The summed E-state index contributed by atoms with van der Waals surface area (Å²) in [7, 11) is 0. The number of anilines is 2. The quantitative estimate of drug-likeness (QED) is 0.567. The summed E-state index contributed by atoms with van der Waals surface area (Å²) >= 11 is 0. The predicted molar refractivity (Wildman–Crippen MR) is 94.9 cm³/mol. The zero-order valence-electron chi connectivity index (χ0n) is 13.2. The van der Waals surface area contributed by atoms with Crippen molar-refractivity contribution < 1.29 is 4.74 Å². The van der Waals surface area contributed by atoms with Gasteiger partial charge in [-0.3, -0.25) is 0 Å². The minimum atomic E-state index is 0.621. The molecular formula is C19H16N4O. The maximum absolute atomic E-state index is 5.80. The summed E-state index contributed by atoms with van der Waals surface area (Å²) in [6.45, 7) is 1.97. The van der Waals surface area contributed by atoms with E-state index in [9.17, 15) is 0 Å². The summed E-state index contributed by atoms with van der Waals surface area (Å²) in [5.41, 5.74) is 3.87. The van der Waals surface area contributed by atoms with E-state index in [-0.39, 0.29) is 0 Å². The summed E-state index contributed by atoms with van der Waals surface area (Å²) in [5.74, 6) is 2.08. The van der Waals surface area contributed by atoms with Gasteiger partial charge < -0.3 is 15.0 Å². The molecule has 0 amide bonds. The van der Waals surface area contributed by atoms with Crippen LogP contribution in [0.3, 0.4) is 0 Å². The van der Waals surface area contributed by atoms with Crippen molar-refractivity contribution in [3.63, 3.8) is 0 Å². The second-order valence-electron chi connectivity index (χ2n) is 5.48. The first-order valence-corrected chi connectivity index (χ1v) is 7.69. The number of nitrogens with zero attached hydrogens (tertiary/aromatic N) is 2. The van der Waals surface area contributed by atoms with Crippen LogP contribution in [0.2, 0.25) is 0 Å². The van der Waals surface area contributed by atoms with Crippen LogP contribution in [0, 0.1) is 6.92 Å².